The predicted molar refractivity (Wildman–Crippen MR) is 98.1 cm³/mol. The molecule has 0 aromatic heterocycles. The number of amides is 1. The molecule has 0 unspecified atom stereocenters. The number of alkyl halides is 3. The van der Waals surface area contributed by atoms with Crippen molar-refractivity contribution in [3.05, 3.63) is 65.2 Å². The molecule has 5 nitrogen and oxygen atoms in total. The minimum absolute atomic E-state index is 0.0965. The van der Waals surface area contributed by atoms with Crippen LogP contribution < -0.4 is 9.46 Å². The number of aryl methyl sites for hydroxylation is 1. The summed E-state index contributed by atoms with van der Waals surface area (Å²) in [6, 6.07) is 11.9. The quantitative estimate of drug-likeness (QED) is 0.714. The molecule has 0 spiro atoms. The first-order chi connectivity index (χ1) is 13.0. The van der Waals surface area contributed by atoms with Crippen LogP contribution in [0.4, 0.5) is 13.2 Å². The number of halogens is 3. The van der Waals surface area contributed by atoms with Crippen LogP contribution in [0.25, 0.3) is 0 Å². The van der Waals surface area contributed by atoms with Crippen LogP contribution in [-0.4, -0.2) is 20.6 Å². The van der Waals surface area contributed by atoms with Crippen molar-refractivity contribution in [3.8, 4) is 5.75 Å². The molecule has 152 valence electrons. The number of nitrogens with one attached hydrogen (secondary N) is 1. The number of carbonyl (C=O) groups is 1. The molecule has 2 aromatic rings. The normalized spacial score (nSPS) is 11.9. The molecule has 9 heteroatoms. The lowest BCUT2D eigenvalue weighted by Crippen LogP contribution is -2.29. The van der Waals surface area contributed by atoms with Gasteiger partial charge in [-0.25, -0.2) is 8.42 Å². The second-order valence-electron chi connectivity index (χ2n) is 6.28. The average Bonchev–Trinajstić information content (AvgIpc) is 2.59. The van der Waals surface area contributed by atoms with Gasteiger partial charge in [0, 0.05) is 6.42 Å². The van der Waals surface area contributed by atoms with E-state index in [1.807, 2.05) is 16.9 Å². The molecular formula is C19H20F3NO4S. The number of ether oxygens (including phenoxy) is 1. The number of rotatable bonds is 8. The number of benzene rings is 2. The van der Waals surface area contributed by atoms with Gasteiger partial charge >= 0.3 is 6.18 Å². The first-order valence-corrected chi connectivity index (χ1v) is 10.3. The topological polar surface area (TPSA) is 72.5 Å². The highest BCUT2D eigenvalue weighted by atomic mass is 32.2. The summed E-state index contributed by atoms with van der Waals surface area (Å²) in [5, 5.41) is 0. The van der Waals surface area contributed by atoms with Gasteiger partial charge in [0.25, 0.3) is 0 Å². The third-order valence-electron chi connectivity index (χ3n) is 3.78. The van der Waals surface area contributed by atoms with Crippen molar-refractivity contribution in [2.45, 2.75) is 32.0 Å². The van der Waals surface area contributed by atoms with E-state index in [4.69, 9.17) is 4.74 Å². The maximum absolute atomic E-state index is 12.5. The predicted octanol–water partition coefficient (Wildman–Crippen LogP) is 3.68. The highest BCUT2D eigenvalue weighted by molar-refractivity contribution is 7.89. The average molecular weight is 415 g/mol. The van der Waals surface area contributed by atoms with Gasteiger partial charge in [0.2, 0.25) is 15.9 Å². The molecule has 0 fully saturated rings. The van der Waals surface area contributed by atoms with E-state index in [9.17, 15) is 26.4 Å². The number of sulfonamides is 1. The summed E-state index contributed by atoms with van der Waals surface area (Å²) in [5.74, 6) is 0.0254. The largest absolute Gasteiger partial charge is 0.489 e. The summed E-state index contributed by atoms with van der Waals surface area (Å²) in [5.41, 5.74) is 0.869. The monoisotopic (exact) mass is 415 g/mol. The van der Waals surface area contributed by atoms with Crippen LogP contribution in [0, 0.1) is 0 Å². The Morgan fingerprint density at radius 1 is 1.00 bits per heavy atom. The van der Waals surface area contributed by atoms with Gasteiger partial charge in [0.1, 0.15) is 12.4 Å². The Balaban J connectivity index is 1.79. The maximum atomic E-state index is 12.5. The fourth-order valence-corrected chi connectivity index (χ4v) is 2.94. The number of hydrogen-bond acceptors (Lipinski definition) is 4. The first kappa shape index (κ1) is 21.7. The molecule has 0 heterocycles. The van der Waals surface area contributed by atoms with Gasteiger partial charge in [-0.3, -0.25) is 9.52 Å². The van der Waals surface area contributed by atoms with Crippen molar-refractivity contribution in [2.24, 2.45) is 0 Å². The van der Waals surface area contributed by atoms with Gasteiger partial charge in [0.15, 0.2) is 0 Å². The van der Waals surface area contributed by atoms with Crippen LogP contribution in [0.15, 0.2) is 48.5 Å². The third-order valence-corrected chi connectivity index (χ3v) is 4.38. The van der Waals surface area contributed by atoms with Crippen LogP contribution in [-0.2, 0) is 34.0 Å². The van der Waals surface area contributed by atoms with E-state index in [0.29, 0.717) is 24.2 Å². The SMILES string of the molecule is CS(=O)(=O)NC(=O)CCCc1ccc(OCc2ccc(C(F)(F)F)cc2)cc1. The van der Waals surface area contributed by atoms with Crippen molar-refractivity contribution >= 4 is 15.9 Å². The molecule has 0 aliphatic heterocycles. The van der Waals surface area contributed by atoms with Crippen molar-refractivity contribution < 1.29 is 31.1 Å². The van der Waals surface area contributed by atoms with Gasteiger partial charge in [-0.15, -0.1) is 0 Å². The van der Waals surface area contributed by atoms with E-state index >= 15 is 0 Å². The van der Waals surface area contributed by atoms with E-state index in [1.54, 1.807) is 12.1 Å². The molecule has 2 rings (SSSR count). The number of hydrogen-bond donors (Lipinski definition) is 1. The summed E-state index contributed by atoms with van der Waals surface area (Å²) < 4.78 is 66.9. The van der Waals surface area contributed by atoms with Gasteiger partial charge in [-0.1, -0.05) is 24.3 Å². The molecule has 28 heavy (non-hydrogen) atoms. The second-order valence-corrected chi connectivity index (χ2v) is 8.03. The number of carbonyl (C=O) groups excluding carboxylic acids is 1. The van der Waals surface area contributed by atoms with Crippen molar-refractivity contribution in [2.75, 3.05) is 6.26 Å². The zero-order valence-electron chi connectivity index (χ0n) is 15.1. The molecule has 0 aliphatic carbocycles. The molecule has 0 radical (unpaired) electrons. The van der Waals surface area contributed by atoms with E-state index in [0.717, 1.165) is 24.0 Å². The lowest BCUT2D eigenvalue weighted by molar-refractivity contribution is -0.137. The van der Waals surface area contributed by atoms with Crippen LogP contribution >= 0.6 is 0 Å². The van der Waals surface area contributed by atoms with Gasteiger partial charge in [0.05, 0.1) is 11.8 Å². The molecule has 0 bridgehead atoms. The standard InChI is InChI=1S/C19H20F3NO4S/c1-28(25,26)23-18(24)4-2-3-14-7-11-17(12-8-14)27-13-15-5-9-16(10-6-15)19(20,21)22/h5-12H,2-4,13H2,1H3,(H,23,24). The van der Waals surface area contributed by atoms with Crippen LogP contribution in [0.1, 0.15) is 29.5 Å². The Morgan fingerprint density at radius 3 is 2.11 bits per heavy atom. The minimum atomic E-state index is -4.36. The van der Waals surface area contributed by atoms with E-state index in [1.165, 1.54) is 12.1 Å². The van der Waals surface area contributed by atoms with E-state index < -0.39 is 27.7 Å². The van der Waals surface area contributed by atoms with Gasteiger partial charge in [-0.05, 0) is 48.2 Å². The molecule has 2 aromatic carbocycles. The van der Waals surface area contributed by atoms with E-state index in [-0.39, 0.29) is 13.0 Å². The first-order valence-electron chi connectivity index (χ1n) is 8.41. The van der Waals surface area contributed by atoms with Crippen LogP contribution in [0.5, 0.6) is 5.75 Å². The summed E-state index contributed by atoms with van der Waals surface area (Å²) >= 11 is 0. The Bertz CT molecular complexity index is 892. The lowest BCUT2D eigenvalue weighted by atomic mass is 10.1. The van der Waals surface area contributed by atoms with Gasteiger partial charge in [-0.2, -0.15) is 13.2 Å². The zero-order valence-corrected chi connectivity index (χ0v) is 15.9. The zero-order chi connectivity index (χ0) is 20.8. The molecular weight excluding hydrogens is 395 g/mol. The molecule has 0 atom stereocenters. The Kier molecular flexibility index (Phi) is 7.06. The highest BCUT2D eigenvalue weighted by Crippen LogP contribution is 2.29. The Morgan fingerprint density at radius 2 is 1.57 bits per heavy atom. The lowest BCUT2D eigenvalue weighted by Gasteiger charge is -2.09. The summed E-state index contributed by atoms with van der Waals surface area (Å²) in [7, 11) is -3.53. The molecule has 0 aliphatic rings. The molecule has 1 N–H and O–H groups in total. The maximum Gasteiger partial charge on any atom is 0.416 e. The third kappa shape index (κ3) is 7.59. The Labute approximate surface area is 161 Å². The van der Waals surface area contributed by atoms with Crippen molar-refractivity contribution in [3.63, 3.8) is 0 Å². The van der Waals surface area contributed by atoms with Crippen LogP contribution in [0.3, 0.4) is 0 Å². The van der Waals surface area contributed by atoms with E-state index in [2.05, 4.69) is 0 Å². The van der Waals surface area contributed by atoms with Gasteiger partial charge < -0.3 is 4.74 Å². The summed E-state index contributed by atoms with van der Waals surface area (Å²) in [6.07, 6.45) is -2.25. The smallest absolute Gasteiger partial charge is 0.416 e. The summed E-state index contributed by atoms with van der Waals surface area (Å²) in [4.78, 5) is 11.4. The molecule has 1 amide bonds. The molecule has 0 saturated heterocycles. The fraction of sp³-hybridized carbons (Fsp3) is 0.316. The van der Waals surface area contributed by atoms with Crippen molar-refractivity contribution in [1.82, 2.24) is 4.72 Å². The Hall–Kier alpha value is -2.55. The fourth-order valence-electron chi connectivity index (χ4n) is 2.42. The van der Waals surface area contributed by atoms with Crippen LogP contribution in [0.2, 0.25) is 0 Å². The molecule has 0 saturated carbocycles. The highest BCUT2D eigenvalue weighted by Gasteiger charge is 2.29. The summed E-state index contributed by atoms with van der Waals surface area (Å²) in [6.45, 7) is 0.142. The van der Waals surface area contributed by atoms with Crippen molar-refractivity contribution in [1.29, 1.82) is 0 Å². The second kappa shape index (κ2) is 9.09. The minimum Gasteiger partial charge on any atom is -0.489 e.